The van der Waals surface area contributed by atoms with Gasteiger partial charge >= 0.3 is 5.69 Å². The number of para-hydroxylation sites is 2. The van der Waals surface area contributed by atoms with Crippen LogP contribution in [-0.2, 0) is 17.8 Å². The number of hydrogen-bond acceptors (Lipinski definition) is 4. The molecule has 2 heterocycles. The van der Waals surface area contributed by atoms with Gasteiger partial charge in [-0.25, -0.2) is 4.79 Å². The van der Waals surface area contributed by atoms with Crippen LogP contribution >= 0.6 is 0 Å². The van der Waals surface area contributed by atoms with Crippen LogP contribution in [0.5, 0.6) is 11.5 Å². The average Bonchev–Trinajstić information content (AvgIpc) is 3.24. The van der Waals surface area contributed by atoms with Crippen molar-refractivity contribution in [2.24, 2.45) is 0 Å². The minimum absolute atomic E-state index is 0.0458. The second-order valence-electron chi connectivity index (χ2n) is 6.14. The number of H-pyrrole nitrogens is 1. The van der Waals surface area contributed by atoms with E-state index in [1.54, 1.807) is 4.57 Å². The van der Waals surface area contributed by atoms with E-state index in [1.165, 1.54) is 0 Å². The van der Waals surface area contributed by atoms with E-state index < -0.39 is 0 Å². The standard InChI is InChI=1S/C19H19N3O4/c23-18(8-6-13-5-7-16-17(11-13)26-12-25-16)20-9-10-22-15-4-2-1-3-14(15)21-19(22)24/h1-5,7,11H,6,8-10,12H2,(H,20,23)(H,21,24). The Bertz CT molecular complexity index is 1010. The highest BCUT2D eigenvalue weighted by Crippen LogP contribution is 2.32. The van der Waals surface area contributed by atoms with Gasteiger partial charge in [-0.2, -0.15) is 0 Å². The van der Waals surface area contributed by atoms with E-state index in [9.17, 15) is 9.59 Å². The Labute approximate surface area is 149 Å². The van der Waals surface area contributed by atoms with E-state index in [2.05, 4.69) is 10.3 Å². The molecular weight excluding hydrogens is 334 g/mol. The Hall–Kier alpha value is -3.22. The number of aromatic amines is 1. The molecule has 4 rings (SSSR count). The number of amides is 1. The number of aromatic nitrogens is 2. The van der Waals surface area contributed by atoms with Gasteiger partial charge in [0.1, 0.15) is 0 Å². The Morgan fingerprint density at radius 1 is 1.15 bits per heavy atom. The van der Waals surface area contributed by atoms with Gasteiger partial charge in [-0.05, 0) is 36.2 Å². The highest BCUT2D eigenvalue weighted by atomic mass is 16.7. The summed E-state index contributed by atoms with van der Waals surface area (Å²) in [5.74, 6) is 1.42. The number of fused-ring (bicyclic) bond motifs is 2. The fourth-order valence-electron chi connectivity index (χ4n) is 3.08. The van der Waals surface area contributed by atoms with Crippen LogP contribution < -0.4 is 20.5 Å². The van der Waals surface area contributed by atoms with E-state index >= 15 is 0 Å². The third-order valence-corrected chi connectivity index (χ3v) is 4.42. The van der Waals surface area contributed by atoms with Crippen molar-refractivity contribution in [2.45, 2.75) is 19.4 Å². The first-order valence-electron chi connectivity index (χ1n) is 8.53. The molecule has 1 aliphatic heterocycles. The minimum Gasteiger partial charge on any atom is -0.454 e. The topological polar surface area (TPSA) is 85.3 Å². The molecule has 2 N–H and O–H groups in total. The van der Waals surface area contributed by atoms with Crippen LogP contribution in [0.4, 0.5) is 0 Å². The number of nitrogens with one attached hydrogen (secondary N) is 2. The Balaban J connectivity index is 1.29. The summed E-state index contributed by atoms with van der Waals surface area (Å²) >= 11 is 0. The summed E-state index contributed by atoms with van der Waals surface area (Å²) < 4.78 is 12.2. The van der Waals surface area contributed by atoms with Crippen molar-refractivity contribution in [2.75, 3.05) is 13.3 Å². The lowest BCUT2D eigenvalue weighted by molar-refractivity contribution is -0.121. The highest BCUT2D eigenvalue weighted by Gasteiger charge is 2.13. The number of carbonyl (C=O) groups is 1. The third-order valence-electron chi connectivity index (χ3n) is 4.42. The summed E-state index contributed by atoms with van der Waals surface area (Å²) in [6.07, 6.45) is 0.998. The molecule has 0 unspecified atom stereocenters. The van der Waals surface area contributed by atoms with E-state index in [-0.39, 0.29) is 18.4 Å². The van der Waals surface area contributed by atoms with Crippen LogP contribution in [0.1, 0.15) is 12.0 Å². The van der Waals surface area contributed by atoms with Crippen molar-refractivity contribution < 1.29 is 14.3 Å². The van der Waals surface area contributed by atoms with Crippen LogP contribution in [0.3, 0.4) is 0 Å². The Kier molecular flexibility index (Phi) is 4.35. The first-order valence-corrected chi connectivity index (χ1v) is 8.53. The molecule has 1 amide bonds. The monoisotopic (exact) mass is 353 g/mol. The zero-order valence-electron chi connectivity index (χ0n) is 14.2. The minimum atomic E-state index is -0.166. The van der Waals surface area contributed by atoms with Crippen molar-refractivity contribution >= 4 is 16.9 Å². The van der Waals surface area contributed by atoms with E-state index in [1.807, 2.05) is 42.5 Å². The van der Waals surface area contributed by atoms with Gasteiger partial charge in [-0.1, -0.05) is 18.2 Å². The first kappa shape index (κ1) is 16.3. The van der Waals surface area contributed by atoms with Crippen molar-refractivity contribution in [3.63, 3.8) is 0 Å². The number of aryl methyl sites for hydroxylation is 1. The first-order chi connectivity index (χ1) is 12.7. The SMILES string of the molecule is O=C(CCc1ccc2c(c1)OCO2)NCCn1c(=O)[nH]c2ccccc21. The number of imidazole rings is 1. The molecule has 3 aromatic rings. The predicted molar refractivity (Wildman–Crippen MR) is 96.5 cm³/mol. The van der Waals surface area contributed by atoms with Crippen molar-refractivity contribution in [1.29, 1.82) is 0 Å². The van der Waals surface area contributed by atoms with Gasteiger partial charge in [-0.3, -0.25) is 9.36 Å². The van der Waals surface area contributed by atoms with Crippen LogP contribution in [0, 0.1) is 0 Å². The largest absolute Gasteiger partial charge is 0.454 e. The number of ether oxygens (including phenoxy) is 2. The zero-order valence-corrected chi connectivity index (χ0v) is 14.2. The van der Waals surface area contributed by atoms with Crippen LogP contribution in [0.25, 0.3) is 11.0 Å². The summed E-state index contributed by atoms with van der Waals surface area (Å²) in [7, 11) is 0. The quantitative estimate of drug-likeness (QED) is 0.708. The molecule has 26 heavy (non-hydrogen) atoms. The van der Waals surface area contributed by atoms with Crippen molar-refractivity contribution in [1.82, 2.24) is 14.9 Å². The normalized spacial score (nSPS) is 12.5. The van der Waals surface area contributed by atoms with Gasteiger partial charge in [0.15, 0.2) is 11.5 Å². The molecule has 1 aromatic heterocycles. The van der Waals surface area contributed by atoms with Gasteiger partial charge in [0.25, 0.3) is 0 Å². The van der Waals surface area contributed by atoms with Crippen molar-refractivity contribution in [3.05, 3.63) is 58.5 Å². The summed E-state index contributed by atoms with van der Waals surface area (Å²) in [4.78, 5) is 26.9. The van der Waals surface area contributed by atoms with Gasteiger partial charge in [0.05, 0.1) is 11.0 Å². The van der Waals surface area contributed by atoms with E-state index in [0.717, 1.165) is 28.1 Å². The summed E-state index contributed by atoms with van der Waals surface area (Å²) in [6.45, 7) is 1.08. The van der Waals surface area contributed by atoms with Crippen LogP contribution in [0.15, 0.2) is 47.3 Å². The van der Waals surface area contributed by atoms with E-state index in [4.69, 9.17) is 9.47 Å². The second kappa shape index (κ2) is 6.95. The molecular formula is C19H19N3O4. The maximum atomic E-state index is 12.1. The fourth-order valence-corrected chi connectivity index (χ4v) is 3.08. The molecule has 134 valence electrons. The molecule has 1 aliphatic rings. The molecule has 0 saturated heterocycles. The Morgan fingerprint density at radius 2 is 2.00 bits per heavy atom. The molecule has 0 spiro atoms. The highest BCUT2D eigenvalue weighted by molar-refractivity contribution is 5.76. The van der Waals surface area contributed by atoms with Crippen LogP contribution in [-0.4, -0.2) is 28.8 Å². The predicted octanol–water partition coefficient (Wildman–Crippen LogP) is 1.81. The second-order valence-corrected chi connectivity index (χ2v) is 6.14. The fraction of sp³-hybridized carbons (Fsp3) is 0.263. The number of carbonyl (C=O) groups excluding carboxylic acids is 1. The molecule has 0 saturated carbocycles. The zero-order chi connectivity index (χ0) is 17.9. The van der Waals surface area contributed by atoms with Gasteiger partial charge < -0.3 is 19.8 Å². The summed E-state index contributed by atoms with van der Waals surface area (Å²) in [6, 6.07) is 13.2. The van der Waals surface area contributed by atoms with Crippen molar-refractivity contribution in [3.8, 4) is 11.5 Å². The lowest BCUT2D eigenvalue weighted by Crippen LogP contribution is -2.30. The van der Waals surface area contributed by atoms with Gasteiger partial charge in [0.2, 0.25) is 12.7 Å². The summed E-state index contributed by atoms with van der Waals surface area (Å²) in [5.41, 5.74) is 2.50. The van der Waals surface area contributed by atoms with Gasteiger partial charge in [0, 0.05) is 19.5 Å². The molecule has 0 radical (unpaired) electrons. The molecule has 0 fully saturated rings. The number of hydrogen-bond donors (Lipinski definition) is 2. The smallest absolute Gasteiger partial charge is 0.326 e. The number of nitrogens with zero attached hydrogens (tertiary/aromatic N) is 1. The molecule has 7 heteroatoms. The average molecular weight is 353 g/mol. The van der Waals surface area contributed by atoms with E-state index in [0.29, 0.717) is 25.9 Å². The lowest BCUT2D eigenvalue weighted by atomic mass is 10.1. The third kappa shape index (κ3) is 3.28. The molecule has 0 aliphatic carbocycles. The van der Waals surface area contributed by atoms with Gasteiger partial charge in [-0.15, -0.1) is 0 Å². The molecule has 0 bridgehead atoms. The molecule has 7 nitrogen and oxygen atoms in total. The number of rotatable bonds is 6. The maximum absolute atomic E-state index is 12.1. The number of benzene rings is 2. The molecule has 2 aromatic carbocycles. The maximum Gasteiger partial charge on any atom is 0.326 e. The molecule has 0 atom stereocenters. The van der Waals surface area contributed by atoms with Crippen LogP contribution in [0.2, 0.25) is 0 Å². The Morgan fingerprint density at radius 3 is 2.92 bits per heavy atom. The lowest BCUT2D eigenvalue weighted by Gasteiger charge is -2.07. The summed E-state index contributed by atoms with van der Waals surface area (Å²) in [5, 5.41) is 2.87.